The van der Waals surface area contributed by atoms with Gasteiger partial charge in [-0.15, -0.1) is 10.2 Å². The van der Waals surface area contributed by atoms with Crippen molar-refractivity contribution in [2.45, 2.75) is 33.4 Å². The van der Waals surface area contributed by atoms with E-state index in [0.29, 0.717) is 24.4 Å². The van der Waals surface area contributed by atoms with Crippen LogP contribution in [0.2, 0.25) is 0 Å². The summed E-state index contributed by atoms with van der Waals surface area (Å²) >= 11 is 1.93. The van der Waals surface area contributed by atoms with Gasteiger partial charge in [-0.3, -0.25) is 0 Å². The summed E-state index contributed by atoms with van der Waals surface area (Å²) in [6, 6.07) is 0.479. The number of thioether (sulfide) groups is 1. The lowest BCUT2D eigenvalue weighted by atomic mass is 10.4. The van der Waals surface area contributed by atoms with Gasteiger partial charge in [0.15, 0.2) is 0 Å². The summed E-state index contributed by atoms with van der Waals surface area (Å²) in [4.78, 5) is 0. The van der Waals surface area contributed by atoms with Crippen molar-refractivity contribution >= 4 is 11.8 Å². The Hall–Kier alpha value is -0.550. The van der Waals surface area contributed by atoms with E-state index >= 15 is 0 Å². The summed E-state index contributed by atoms with van der Waals surface area (Å²) in [7, 11) is 0. The Bertz CT molecular complexity index is 264. The molecule has 14 heavy (non-hydrogen) atoms. The van der Waals surface area contributed by atoms with Gasteiger partial charge >= 0.3 is 0 Å². The maximum absolute atomic E-state index is 5.25. The van der Waals surface area contributed by atoms with Crippen LogP contribution in [0.3, 0.4) is 0 Å². The number of nitrogens with one attached hydrogen (secondary N) is 1. The smallest absolute Gasteiger partial charge is 0.230 e. The normalized spacial score (nSPS) is 13.1. The first kappa shape index (κ1) is 11.5. The molecular formula is C9H17N3OS. The molecule has 1 aromatic rings. The number of aryl methyl sites for hydroxylation is 1. The van der Waals surface area contributed by atoms with Crippen molar-refractivity contribution < 1.29 is 4.42 Å². The molecule has 1 unspecified atom stereocenters. The molecule has 1 N–H and O–H groups in total. The lowest BCUT2D eigenvalue weighted by Gasteiger charge is -2.10. The fraction of sp³-hybridized carbons (Fsp3) is 0.778. The Balaban J connectivity index is 2.20. The molecule has 0 aliphatic rings. The zero-order valence-corrected chi connectivity index (χ0v) is 9.73. The molecule has 0 saturated carbocycles. The first-order valence-corrected chi connectivity index (χ1v) is 5.98. The van der Waals surface area contributed by atoms with E-state index in [0.717, 1.165) is 11.5 Å². The molecule has 0 saturated heterocycles. The first-order chi connectivity index (χ1) is 6.72. The number of hydrogen-bond acceptors (Lipinski definition) is 5. The highest BCUT2D eigenvalue weighted by molar-refractivity contribution is 7.99. The molecule has 0 fully saturated rings. The van der Waals surface area contributed by atoms with E-state index in [9.17, 15) is 0 Å². The van der Waals surface area contributed by atoms with E-state index in [4.69, 9.17) is 4.42 Å². The van der Waals surface area contributed by atoms with Gasteiger partial charge in [0.1, 0.15) is 0 Å². The quantitative estimate of drug-likeness (QED) is 0.781. The van der Waals surface area contributed by atoms with Crippen molar-refractivity contribution in [3.8, 4) is 0 Å². The lowest BCUT2D eigenvalue weighted by Crippen LogP contribution is -2.27. The van der Waals surface area contributed by atoms with Crippen LogP contribution in [0.4, 0.5) is 0 Å². The van der Waals surface area contributed by atoms with Crippen LogP contribution in [0, 0.1) is 6.92 Å². The van der Waals surface area contributed by atoms with E-state index in [1.165, 1.54) is 0 Å². The molecule has 1 atom stereocenters. The Labute approximate surface area is 88.9 Å². The van der Waals surface area contributed by atoms with Crippen LogP contribution in [0.1, 0.15) is 25.6 Å². The number of rotatable bonds is 6. The molecule has 1 rings (SSSR count). The van der Waals surface area contributed by atoms with Crippen molar-refractivity contribution in [2.24, 2.45) is 0 Å². The van der Waals surface area contributed by atoms with Gasteiger partial charge < -0.3 is 9.73 Å². The summed E-state index contributed by atoms with van der Waals surface area (Å²) < 4.78 is 5.25. The van der Waals surface area contributed by atoms with E-state index in [-0.39, 0.29) is 0 Å². The largest absolute Gasteiger partial charge is 0.424 e. The van der Waals surface area contributed by atoms with E-state index < -0.39 is 0 Å². The average molecular weight is 215 g/mol. The molecule has 1 heterocycles. The molecule has 0 spiro atoms. The van der Waals surface area contributed by atoms with Gasteiger partial charge in [-0.25, -0.2) is 0 Å². The highest BCUT2D eigenvalue weighted by Crippen LogP contribution is 2.02. The molecule has 0 bridgehead atoms. The van der Waals surface area contributed by atoms with Gasteiger partial charge in [0.25, 0.3) is 0 Å². The maximum atomic E-state index is 5.25. The molecule has 0 radical (unpaired) electrons. The number of aromatic nitrogens is 2. The number of hydrogen-bond donors (Lipinski definition) is 1. The van der Waals surface area contributed by atoms with Crippen molar-refractivity contribution in [1.29, 1.82) is 0 Å². The SMILES string of the molecule is CCSCC(C)NCc1nnc(C)o1. The van der Waals surface area contributed by atoms with Crippen molar-refractivity contribution in [1.82, 2.24) is 15.5 Å². The third-order valence-corrected chi connectivity index (χ3v) is 2.89. The standard InChI is InChI=1S/C9H17N3OS/c1-4-14-6-7(2)10-5-9-12-11-8(3)13-9/h7,10H,4-6H2,1-3H3. The van der Waals surface area contributed by atoms with Crippen LogP contribution < -0.4 is 5.32 Å². The molecule has 4 nitrogen and oxygen atoms in total. The van der Waals surface area contributed by atoms with Crippen LogP contribution in [-0.4, -0.2) is 27.7 Å². The molecule has 0 aliphatic heterocycles. The third-order valence-electron chi connectivity index (χ3n) is 1.74. The molecule has 0 amide bonds. The number of nitrogens with zero attached hydrogens (tertiary/aromatic N) is 2. The minimum atomic E-state index is 0.479. The fourth-order valence-corrected chi connectivity index (χ4v) is 1.73. The van der Waals surface area contributed by atoms with Crippen LogP contribution in [-0.2, 0) is 6.54 Å². The van der Waals surface area contributed by atoms with E-state index in [2.05, 4.69) is 29.4 Å². The van der Waals surface area contributed by atoms with Crippen molar-refractivity contribution in [2.75, 3.05) is 11.5 Å². The molecule has 0 aromatic carbocycles. The zero-order valence-electron chi connectivity index (χ0n) is 8.91. The van der Waals surface area contributed by atoms with Gasteiger partial charge in [-0.2, -0.15) is 11.8 Å². The van der Waals surface area contributed by atoms with Crippen LogP contribution in [0.25, 0.3) is 0 Å². The molecule has 1 aromatic heterocycles. The first-order valence-electron chi connectivity index (χ1n) is 4.82. The fourth-order valence-electron chi connectivity index (χ4n) is 1.02. The van der Waals surface area contributed by atoms with Crippen LogP contribution in [0.15, 0.2) is 4.42 Å². The second-order valence-corrected chi connectivity index (χ2v) is 4.48. The highest BCUT2D eigenvalue weighted by atomic mass is 32.2. The van der Waals surface area contributed by atoms with Gasteiger partial charge in [0.05, 0.1) is 6.54 Å². The molecule has 0 aliphatic carbocycles. The summed E-state index contributed by atoms with van der Waals surface area (Å²) in [6.45, 7) is 6.78. The van der Waals surface area contributed by atoms with Crippen molar-refractivity contribution in [3.05, 3.63) is 11.8 Å². The Kier molecular flexibility index (Phi) is 4.97. The molecule has 5 heteroatoms. The summed E-state index contributed by atoms with van der Waals surface area (Å²) in [5.74, 6) is 3.56. The summed E-state index contributed by atoms with van der Waals surface area (Å²) in [5, 5.41) is 11.0. The highest BCUT2D eigenvalue weighted by Gasteiger charge is 2.04. The van der Waals surface area contributed by atoms with Crippen LogP contribution in [0.5, 0.6) is 0 Å². The van der Waals surface area contributed by atoms with Crippen LogP contribution >= 0.6 is 11.8 Å². The Morgan fingerprint density at radius 2 is 2.29 bits per heavy atom. The molecule has 80 valence electrons. The second kappa shape index (κ2) is 6.03. The van der Waals surface area contributed by atoms with E-state index in [1.54, 1.807) is 6.92 Å². The van der Waals surface area contributed by atoms with Gasteiger partial charge in [0, 0.05) is 18.7 Å². The Morgan fingerprint density at radius 3 is 2.86 bits per heavy atom. The molecular weight excluding hydrogens is 198 g/mol. The average Bonchev–Trinajstić information content (AvgIpc) is 2.58. The monoisotopic (exact) mass is 215 g/mol. The minimum Gasteiger partial charge on any atom is -0.424 e. The van der Waals surface area contributed by atoms with Gasteiger partial charge in [-0.05, 0) is 12.7 Å². The zero-order chi connectivity index (χ0) is 10.4. The van der Waals surface area contributed by atoms with Gasteiger partial charge in [0.2, 0.25) is 11.8 Å². The summed E-state index contributed by atoms with van der Waals surface area (Å²) in [5.41, 5.74) is 0. The predicted molar refractivity (Wildman–Crippen MR) is 58.3 cm³/mol. The predicted octanol–water partition coefficient (Wildman–Crippen LogP) is 1.61. The Morgan fingerprint density at radius 1 is 1.50 bits per heavy atom. The van der Waals surface area contributed by atoms with Crippen molar-refractivity contribution in [3.63, 3.8) is 0 Å². The second-order valence-electron chi connectivity index (χ2n) is 3.16. The third kappa shape index (κ3) is 4.11. The summed E-state index contributed by atoms with van der Waals surface area (Å²) in [6.07, 6.45) is 0. The topological polar surface area (TPSA) is 51.0 Å². The maximum Gasteiger partial charge on any atom is 0.230 e. The lowest BCUT2D eigenvalue weighted by molar-refractivity contribution is 0.435. The van der Waals surface area contributed by atoms with E-state index in [1.807, 2.05) is 11.8 Å². The van der Waals surface area contributed by atoms with Gasteiger partial charge in [-0.1, -0.05) is 6.92 Å². The minimum absolute atomic E-state index is 0.479.